The molecule has 0 aromatic carbocycles. The van der Waals surface area contributed by atoms with Crippen LogP contribution >= 0.6 is 0 Å². The Kier molecular flexibility index (Phi) is 13.5. The van der Waals surface area contributed by atoms with Crippen LogP contribution in [-0.4, -0.2) is 41.6 Å². The third-order valence-electron chi connectivity index (χ3n) is 4.15. The summed E-state index contributed by atoms with van der Waals surface area (Å²) in [6.07, 6.45) is 10.1. The second-order valence-electron chi connectivity index (χ2n) is 6.05. The summed E-state index contributed by atoms with van der Waals surface area (Å²) < 4.78 is 16.2. The molecule has 0 aromatic heterocycles. The summed E-state index contributed by atoms with van der Waals surface area (Å²) in [4.78, 5) is 0. The molecule has 0 amide bonds. The highest BCUT2D eigenvalue weighted by molar-refractivity contribution is 6.60. The van der Waals surface area contributed by atoms with Gasteiger partial charge in [-0.25, -0.2) is 0 Å². The molecule has 0 heterocycles. The Hall–Kier alpha value is -0.563. The molecule has 23 heavy (non-hydrogen) atoms. The highest BCUT2D eigenvalue weighted by atomic mass is 28.4. The molecule has 0 aliphatic carbocycles. The van der Waals surface area contributed by atoms with Crippen LogP contribution in [0, 0.1) is 10.8 Å². The molecule has 0 atom stereocenters. The third kappa shape index (κ3) is 10.8. The molecule has 0 rings (SSSR count). The smallest absolute Gasteiger partial charge is 0.377 e. The van der Waals surface area contributed by atoms with Crippen LogP contribution in [0.5, 0.6) is 0 Å². The molecule has 0 bridgehead atoms. The molecular weight excluding hydrogens is 308 g/mol. The number of unbranched alkanes of at least 4 members (excludes halogenated alkanes) is 5. The van der Waals surface area contributed by atoms with Crippen molar-refractivity contribution in [3.8, 4) is 0 Å². The minimum atomic E-state index is -2.46. The standard InChI is InChI=1S/C17H36N2O3Si/c1-5-6-7-8-9-12-16(18)15-17(19)13-10-11-14-23(20-2,21-3)22-4/h18-19H,5-15H2,1-4H3. The lowest BCUT2D eigenvalue weighted by Gasteiger charge is -2.24. The average molecular weight is 345 g/mol. The van der Waals surface area contributed by atoms with Crippen LogP contribution in [-0.2, 0) is 13.3 Å². The van der Waals surface area contributed by atoms with Crippen LogP contribution in [0.1, 0.15) is 71.1 Å². The summed E-state index contributed by atoms with van der Waals surface area (Å²) in [5.74, 6) is 0. The Morgan fingerprint density at radius 2 is 1.22 bits per heavy atom. The Morgan fingerprint density at radius 1 is 0.739 bits per heavy atom. The lowest BCUT2D eigenvalue weighted by atomic mass is 10.0. The van der Waals surface area contributed by atoms with Gasteiger partial charge in [0.1, 0.15) is 0 Å². The van der Waals surface area contributed by atoms with E-state index in [1.807, 2.05) is 0 Å². The Bertz CT molecular complexity index is 326. The zero-order valence-corrected chi connectivity index (χ0v) is 16.5. The van der Waals surface area contributed by atoms with Crippen molar-refractivity contribution < 1.29 is 13.3 Å². The summed E-state index contributed by atoms with van der Waals surface area (Å²) in [6.45, 7) is 2.21. The molecule has 0 unspecified atom stereocenters. The molecular formula is C17H36N2O3Si. The molecule has 0 saturated heterocycles. The molecule has 5 nitrogen and oxygen atoms in total. The van der Waals surface area contributed by atoms with E-state index in [1.54, 1.807) is 21.3 Å². The molecule has 0 aliphatic rings. The van der Waals surface area contributed by atoms with Gasteiger partial charge in [0.15, 0.2) is 0 Å². The predicted molar refractivity (Wildman–Crippen MR) is 98.9 cm³/mol. The number of nitrogens with one attached hydrogen (secondary N) is 2. The van der Waals surface area contributed by atoms with Crippen molar-refractivity contribution in [1.82, 2.24) is 0 Å². The Labute approximate surface area is 143 Å². The lowest BCUT2D eigenvalue weighted by Crippen LogP contribution is -2.42. The fraction of sp³-hybridized carbons (Fsp3) is 0.882. The summed E-state index contributed by atoms with van der Waals surface area (Å²) in [5.41, 5.74) is 1.38. The zero-order chi connectivity index (χ0) is 17.6. The van der Waals surface area contributed by atoms with Gasteiger partial charge in [0, 0.05) is 45.2 Å². The highest BCUT2D eigenvalue weighted by Crippen LogP contribution is 2.17. The summed E-state index contributed by atoms with van der Waals surface area (Å²) in [5, 5.41) is 16.0. The molecule has 0 aromatic rings. The van der Waals surface area contributed by atoms with E-state index in [0.717, 1.165) is 38.1 Å². The first-order valence-electron chi connectivity index (χ1n) is 8.81. The topological polar surface area (TPSA) is 75.4 Å². The Balaban J connectivity index is 3.76. The maximum Gasteiger partial charge on any atom is 0.500 e. The van der Waals surface area contributed by atoms with E-state index in [2.05, 4.69) is 6.92 Å². The molecule has 2 N–H and O–H groups in total. The molecule has 0 aliphatic heterocycles. The minimum absolute atomic E-state index is 0.537. The molecule has 0 spiro atoms. The van der Waals surface area contributed by atoms with Gasteiger partial charge in [-0.15, -0.1) is 0 Å². The molecule has 0 fully saturated rings. The Morgan fingerprint density at radius 3 is 1.70 bits per heavy atom. The molecule has 0 saturated carbocycles. The highest BCUT2D eigenvalue weighted by Gasteiger charge is 2.36. The SMILES string of the molecule is CCCCCCCC(=N)CC(=N)CCCC[Si](OC)(OC)OC. The summed E-state index contributed by atoms with van der Waals surface area (Å²) in [6, 6.07) is 0.776. The zero-order valence-electron chi connectivity index (χ0n) is 15.5. The van der Waals surface area contributed by atoms with Crippen molar-refractivity contribution in [3.63, 3.8) is 0 Å². The van der Waals surface area contributed by atoms with E-state index in [1.165, 1.54) is 25.7 Å². The van der Waals surface area contributed by atoms with Gasteiger partial charge < -0.3 is 24.1 Å². The maximum absolute atomic E-state index is 8.01. The van der Waals surface area contributed by atoms with Gasteiger partial charge >= 0.3 is 8.80 Å². The monoisotopic (exact) mass is 344 g/mol. The van der Waals surface area contributed by atoms with Crippen LogP contribution in [0.3, 0.4) is 0 Å². The first-order chi connectivity index (χ1) is 11.0. The van der Waals surface area contributed by atoms with Crippen molar-refractivity contribution in [2.45, 2.75) is 77.2 Å². The van der Waals surface area contributed by atoms with Gasteiger partial charge in [-0.2, -0.15) is 0 Å². The average Bonchev–Trinajstić information content (AvgIpc) is 2.55. The predicted octanol–water partition coefficient (Wildman–Crippen LogP) is 4.82. The van der Waals surface area contributed by atoms with Crippen molar-refractivity contribution in [2.75, 3.05) is 21.3 Å². The normalized spacial score (nSPS) is 11.7. The third-order valence-corrected chi connectivity index (χ3v) is 6.99. The largest absolute Gasteiger partial charge is 0.500 e. The minimum Gasteiger partial charge on any atom is -0.377 e. The number of hydrogen-bond acceptors (Lipinski definition) is 5. The van der Waals surface area contributed by atoms with Crippen molar-refractivity contribution in [3.05, 3.63) is 0 Å². The van der Waals surface area contributed by atoms with Gasteiger partial charge in [-0.3, -0.25) is 0 Å². The van der Waals surface area contributed by atoms with E-state index in [-0.39, 0.29) is 0 Å². The van der Waals surface area contributed by atoms with E-state index in [9.17, 15) is 0 Å². The van der Waals surface area contributed by atoms with E-state index < -0.39 is 8.80 Å². The van der Waals surface area contributed by atoms with Gasteiger partial charge in [-0.05, 0) is 32.1 Å². The van der Waals surface area contributed by atoms with Gasteiger partial charge in [0.25, 0.3) is 0 Å². The first kappa shape index (κ1) is 22.4. The number of rotatable bonds is 16. The first-order valence-corrected chi connectivity index (χ1v) is 10.7. The summed E-state index contributed by atoms with van der Waals surface area (Å²) >= 11 is 0. The fourth-order valence-electron chi connectivity index (χ4n) is 2.61. The maximum atomic E-state index is 8.01. The van der Waals surface area contributed by atoms with Gasteiger partial charge in [-0.1, -0.05) is 32.6 Å². The fourth-order valence-corrected chi connectivity index (χ4v) is 4.41. The van der Waals surface area contributed by atoms with E-state index >= 15 is 0 Å². The second kappa shape index (κ2) is 13.8. The van der Waals surface area contributed by atoms with Gasteiger partial charge in [0.05, 0.1) is 0 Å². The van der Waals surface area contributed by atoms with Crippen LogP contribution in [0.2, 0.25) is 6.04 Å². The quantitative estimate of drug-likeness (QED) is 0.239. The van der Waals surface area contributed by atoms with Crippen LogP contribution in [0.25, 0.3) is 0 Å². The van der Waals surface area contributed by atoms with E-state index in [0.29, 0.717) is 17.8 Å². The van der Waals surface area contributed by atoms with Crippen molar-refractivity contribution in [2.24, 2.45) is 0 Å². The van der Waals surface area contributed by atoms with Crippen LogP contribution in [0.15, 0.2) is 0 Å². The second-order valence-corrected chi connectivity index (χ2v) is 9.14. The van der Waals surface area contributed by atoms with Crippen LogP contribution < -0.4 is 0 Å². The number of hydrogen-bond donors (Lipinski definition) is 2. The molecule has 0 radical (unpaired) electrons. The van der Waals surface area contributed by atoms with Crippen molar-refractivity contribution >= 4 is 20.2 Å². The van der Waals surface area contributed by atoms with Gasteiger partial charge in [0.2, 0.25) is 0 Å². The van der Waals surface area contributed by atoms with Crippen LogP contribution in [0.4, 0.5) is 0 Å². The van der Waals surface area contributed by atoms with Crippen molar-refractivity contribution in [1.29, 1.82) is 10.8 Å². The lowest BCUT2D eigenvalue weighted by molar-refractivity contribution is 0.123. The molecule has 6 heteroatoms. The van der Waals surface area contributed by atoms with E-state index in [4.69, 9.17) is 24.1 Å². The summed E-state index contributed by atoms with van der Waals surface area (Å²) in [7, 11) is 2.42. The molecule has 136 valence electrons.